The summed E-state index contributed by atoms with van der Waals surface area (Å²) in [6.07, 6.45) is -5.82. The minimum atomic E-state index is -1.86. The number of ether oxygens (including phenoxy) is 4. The number of methoxy groups -OCH3 is 1. The van der Waals surface area contributed by atoms with Crippen LogP contribution in [-0.2, 0) is 23.7 Å². The van der Waals surface area contributed by atoms with Crippen molar-refractivity contribution in [2.24, 2.45) is 33.9 Å². The third kappa shape index (κ3) is 9.36. The van der Waals surface area contributed by atoms with Crippen LogP contribution in [0.4, 0.5) is 0 Å². The fourth-order valence-corrected chi connectivity index (χ4v) is 8.12. The van der Waals surface area contributed by atoms with E-state index in [0.29, 0.717) is 17.8 Å². The molecule has 2 fully saturated rings. The number of likely N-dealkylation sites (N-methyl/N-ethyl adjacent to an activating group) is 1. The Morgan fingerprint density at radius 1 is 1.10 bits per heavy atom. The first kappa shape index (κ1) is 41.6. The molecule has 0 saturated carbocycles. The Labute approximate surface area is 296 Å². The maximum atomic E-state index is 13.6. The van der Waals surface area contributed by atoms with Crippen molar-refractivity contribution < 1.29 is 44.2 Å². The summed E-state index contributed by atoms with van der Waals surface area (Å²) in [5, 5.41) is 57.9. The predicted octanol–water partition coefficient (Wildman–Crippen LogP) is 3.87. The zero-order valence-corrected chi connectivity index (χ0v) is 32.2. The van der Waals surface area contributed by atoms with Crippen LogP contribution in [0.3, 0.4) is 0 Å². The molecular weight excluding hydrogens is 650 g/mol. The van der Waals surface area contributed by atoms with Gasteiger partial charge in [0, 0.05) is 30.7 Å². The van der Waals surface area contributed by atoms with Gasteiger partial charge in [0.05, 0.1) is 46.5 Å². The van der Waals surface area contributed by atoms with Crippen LogP contribution in [0.5, 0.6) is 0 Å². The molecule has 4 N–H and O–H groups in total. The van der Waals surface area contributed by atoms with Crippen molar-refractivity contribution in [1.82, 2.24) is 4.90 Å². The van der Waals surface area contributed by atoms with E-state index >= 15 is 0 Å². The molecule has 280 valence electrons. The molecule has 3 heterocycles. The normalized spacial score (nSPS) is 43.0. The van der Waals surface area contributed by atoms with Gasteiger partial charge in [0.25, 0.3) is 0 Å². The predicted molar refractivity (Wildman–Crippen MR) is 191 cm³/mol. The third-order valence-electron chi connectivity index (χ3n) is 10.8. The Morgan fingerprint density at radius 3 is 2.31 bits per heavy atom. The quantitative estimate of drug-likeness (QED) is 0.186. The Bertz CT molecular complexity index is 1270. The standard InChI is InChI=1S/C36H61N3O9S/c1-13-27-36(9,44)31(42)21(4)28(38-37-24(7)26-15-14-16-49-26)19(2)18-35(8,45-12)32(22(5)29(40)23(6)33(43)47-27)48-34-30(41)25(39(10)11)17-20(3)46-34/h14-16,19-23,25,27,29-32,34,40-42,44H,13,17-18H2,1-12H3/b37-24+,38-28+/t19-,20?,21+,22+,23-,25?,27-,29?,30?,31-,32-,34?,35-,36-/m1/s1. The smallest absolute Gasteiger partial charge is 0.311 e. The van der Waals surface area contributed by atoms with Gasteiger partial charge in [0.15, 0.2) is 6.29 Å². The van der Waals surface area contributed by atoms with Crippen molar-refractivity contribution in [3.8, 4) is 0 Å². The van der Waals surface area contributed by atoms with Crippen LogP contribution < -0.4 is 0 Å². The molecule has 3 rings (SSSR count). The molecule has 49 heavy (non-hydrogen) atoms. The average Bonchev–Trinajstić information content (AvgIpc) is 3.60. The van der Waals surface area contributed by atoms with Gasteiger partial charge in [-0.05, 0) is 85.3 Å². The van der Waals surface area contributed by atoms with Crippen LogP contribution in [0.2, 0.25) is 0 Å². The lowest BCUT2D eigenvalue weighted by Gasteiger charge is -2.48. The summed E-state index contributed by atoms with van der Waals surface area (Å²) in [5.74, 6) is -3.60. The van der Waals surface area contributed by atoms with Crippen molar-refractivity contribution in [1.29, 1.82) is 0 Å². The summed E-state index contributed by atoms with van der Waals surface area (Å²) in [5.41, 5.74) is -1.81. The summed E-state index contributed by atoms with van der Waals surface area (Å²) in [7, 11) is 5.34. The number of carbonyl (C=O) groups is 1. The summed E-state index contributed by atoms with van der Waals surface area (Å²) in [6, 6.07) is 3.64. The molecule has 2 saturated heterocycles. The van der Waals surface area contributed by atoms with Crippen LogP contribution in [0.1, 0.15) is 86.5 Å². The molecule has 2 aliphatic heterocycles. The van der Waals surface area contributed by atoms with Gasteiger partial charge in [-0.15, -0.1) is 11.3 Å². The summed E-state index contributed by atoms with van der Waals surface area (Å²) < 4.78 is 24.9. The zero-order valence-electron chi connectivity index (χ0n) is 31.4. The summed E-state index contributed by atoms with van der Waals surface area (Å²) >= 11 is 1.54. The molecule has 0 spiro atoms. The minimum Gasteiger partial charge on any atom is -0.459 e. The molecular formula is C36H61N3O9S. The lowest BCUT2D eigenvalue weighted by molar-refractivity contribution is -0.301. The molecule has 1 aromatic heterocycles. The fourth-order valence-electron chi connectivity index (χ4n) is 7.45. The van der Waals surface area contributed by atoms with E-state index in [2.05, 4.69) is 5.10 Å². The molecule has 5 unspecified atom stereocenters. The van der Waals surface area contributed by atoms with E-state index in [4.69, 9.17) is 24.0 Å². The van der Waals surface area contributed by atoms with Crippen LogP contribution >= 0.6 is 11.3 Å². The number of aliphatic hydroxyl groups is 4. The summed E-state index contributed by atoms with van der Waals surface area (Å²) in [6.45, 7) is 15.9. The molecule has 0 bridgehead atoms. The van der Waals surface area contributed by atoms with Crippen LogP contribution in [-0.4, -0.2) is 124 Å². The number of cyclic esters (lactones) is 1. The Morgan fingerprint density at radius 2 is 1.76 bits per heavy atom. The van der Waals surface area contributed by atoms with E-state index in [-0.39, 0.29) is 25.0 Å². The molecule has 1 aromatic rings. The highest BCUT2D eigenvalue weighted by atomic mass is 32.1. The van der Waals surface area contributed by atoms with Crippen LogP contribution in [0.25, 0.3) is 0 Å². The van der Waals surface area contributed by atoms with Gasteiger partial charge in [-0.3, -0.25) is 4.79 Å². The highest BCUT2D eigenvalue weighted by Crippen LogP contribution is 2.39. The Balaban J connectivity index is 2.19. The van der Waals surface area contributed by atoms with Gasteiger partial charge in [0.2, 0.25) is 0 Å². The van der Waals surface area contributed by atoms with E-state index in [1.54, 1.807) is 34.8 Å². The number of rotatable bonds is 7. The van der Waals surface area contributed by atoms with Gasteiger partial charge in [-0.2, -0.15) is 10.2 Å². The van der Waals surface area contributed by atoms with Crippen molar-refractivity contribution >= 4 is 28.7 Å². The molecule has 0 radical (unpaired) electrons. The van der Waals surface area contributed by atoms with Crippen molar-refractivity contribution in [2.75, 3.05) is 21.2 Å². The van der Waals surface area contributed by atoms with Gasteiger partial charge in [-0.25, -0.2) is 0 Å². The van der Waals surface area contributed by atoms with Crippen molar-refractivity contribution in [2.45, 2.75) is 142 Å². The van der Waals surface area contributed by atoms with E-state index in [1.807, 2.05) is 64.2 Å². The van der Waals surface area contributed by atoms with E-state index in [0.717, 1.165) is 4.88 Å². The Hall–Kier alpha value is -1.81. The highest BCUT2D eigenvalue weighted by molar-refractivity contribution is 7.12. The second kappa shape index (κ2) is 17.1. The number of hydrogen-bond donors (Lipinski definition) is 4. The van der Waals surface area contributed by atoms with Crippen LogP contribution in [0.15, 0.2) is 27.7 Å². The molecule has 0 aliphatic carbocycles. The lowest BCUT2D eigenvalue weighted by atomic mass is 9.73. The average molecular weight is 712 g/mol. The number of nitrogens with zero attached hydrogens (tertiary/aromatic N) is 3. The first-order valence-corrected chi connectivity index (χ1v) is 18.3. The number of hydrogen-bond acceptors (Lipinski definition) is 13. The number of esters is 1. The largest absolute Gasteiger partial charge is 0.459 e. The topological polar surface area (TPSA) is 163 Å². The first-order valence-electron chi connectivity index (χ1n) is 17.5. The number of thiophene rings is 1. The molecule has 0 aromatic carbocycles. The lowest BCUT2D eigenvalue weighted by Crippen LogP contribution is -2.60. The second-order valence-corrected chi connectivity index (χ2v) is 15.8. The third-order valence-corrected chi connectivity index (χ3v) is 11.7. The second-order valence-electron chi connectivity index (χ2n) is 14.9. The van der Waals surface area contributed by atoms with Gasteiger partial charge in [0.1, 0.15) is 17.8 Å². The highest BCUT2D eigenvalue weighted by Gasteiger charge is 2.51. The SMILES string of the molecule is CC[C@H]1OC(=O)[C@H](C)C(O)[C@H](C)[C@@H](OC2OC(C)CC(N(C)C)C2O)[C@](C)(OC)C[C@@H](C)/C(=N\N=C(/C)c2cccs2)[C@H](C)[C@@H](O)[C@]1(C)O. The molecule has 14 atom stereocenters. The van der Waals surface area contributed by atoms with Crippen molar-refractivity contribution in [3.63, 3.8) is 0 Å². The minimum absolute atomic E-state index is 0.216. The molecule has 13 heteroatoms. The first-order chi connectivity index (χ1) is 22.8. The molecule has 12 nitrogen and oxygen atoms in total. The van der Waals surface area contributed by atoms with Gasteiger partial charge in [-0.1, -0.05) is 33.8 Å². The Kier molecular flexibility index (Phi) is 14.6. The van der Waals surface area contributed by atoms with Crippen LogP contribution in [0, 0.1) is 23.7 Å². The van der Waals surface area contributed by atoms with Crippen molar-refractivity contribution in [3.05, 3.63) is 22.4 Å². The van der Waals surface area contributed by atoms with E-state index in [9.17, 15) is 25.2 Å². The van der Waals surface area contributed by atoms with Gasteiger partial charge >= 0.3 is 5.97 Å². The number of aliphatic hydroxyl groups excluding tert-OH is 3. The fraction of sp³-hybridized carbons (Fsp3) is 0.806. The maximum absolute atomic E-state index is 13.6. The molecule has 0 amide bonds. The van der Waals surface area contributed by atoms with E-state index in [1.165, 1.54) is 18.3 Å². The maximum Gasteiger partial charge on any atom is 0.311 e. The monoisotopic (exact) mass is 711 g/mol. The zero-order chi connectivity index (χ0) is 37.0. The molecule has 2 aliphatic rings. The van der Waals surface area contributed by atoms with Gasteiger partial charge < -0.3 is 44.3 Å². The van der Waals surface area contributed by atoms with E-state index < -0.39 is 77.7 Å². The summed E-state index contributed by atoms with van der Waals surface area (Å²) in [4.78, 5) is 16.5. The number of carbonyl (C=O) groups excluding carboxylic acids is 1.